The summed E-state index contributed by atoms with van der Waals surface area (Å²) in [5.74, 6) is -9.80. The van der Waals surface area contributed by atoms with Crippen molar-refractivity contribution < 1.29 is 58.5 Å². The first kappa shape index (κ1) is 31.3. The molecule has 0 radical (unpaired) electrons. The van der Waals surface area contributed by atoms with Crippen molar-refractivity contribution in [2.24, 2.45) is 5.92 Å². The number of rotatable bonds is 12. The second kappa shape index (κ2) is 13.9. The van der Waals surface area contributed by atoms with Gasteiger partial charge in [-0.3, -0.25) is 0 Å². The first-order valence-electron chi connectivity index (χ1n) is 12.2. The molecule has 0 spiro atoms. The quantitative estimate of drug-likeness (QED) is 0.143. The molecule has 0 amide bonds. The van der Waals surface area contributed by atoms with Crippen molar-refractivity contribution in [3.63, 3.8) is 0 Å². The minimum atomic E-state index is -4.76. The van der Waals surface area contributed by atoms with Crippen molar-refractivity contribution in [2.45, 2.75) is 51.4 Å². The standard InChI is InChI=1S/C27H25F9O4/c1-2-3-6-16-13-37-22(38-14-16)8-5-4-7-15-9-18(28)23(19(29)10-15)27(35,36)40-17-11-20(30)24(21(31)12-17)39-26(34)25(32)33/h5,8-12,16,22H,2-4,6-7,13-14H2,1H3/b8-5+. The van der Waals surface area contributed by atoms with Gasteiger partial charge in [-0.25, -0.2) is 17.6 Å². The maximum absolute atomic E-state index is 14.6. The second-order valence-electron chi connectivity index (χ2n) is 8.92. The van der Waals surface area contributed by atoms with Crippen molar-refractivity contribution >= 4 is 0 Å². The topological polar surface area (TPSA) is 36.9 Å². The van der Waals surface area contributed by atoms with E-state index in [0.29, 0.717) is 31.3 Å². The SMILES string of the molecule is CCCCC1COC(/C=C/CCc2cc(F)c(C(F)(F)Oc3cc(F)c(OC(F)=C(F)F)c(F)c3)c(F)c2)OC1. The summed E-state index contributed by atoms with van der Waals surface area (Å²) < 4.78 is 142. The van der Waals surface area contributed by atoms with E-state index < -0.39 is 64.8 Å². The fraction of sp³-hybridized carbons (Fsp3) is 0.407. The predicted molar refractivity (Wildman–Crippen MR) is 124 cm³/mol. The smallest absolute Gasteiger partial charge is 0.429 e. The van der Waals surface area contributed by atoms with Crippen molar-refractivity contribution in [1.82, 2.24) is 0 Å². The van der Waals surface area contributed by atoms with Crippen LogP contribution in [0.5, 0.6) is 11.5 Å². The van der Waals surface area contributed by atoms with Crippen LogP contribution in [-0.2, 0) is 22.0 Å². The molecule has 1 aliphatic rings. The summed E-state index contributed by atoms with van der Waals surface area (Å²) in [6.45, 7) is 3.19. The van der Waals surface area contributed by atoms with E-state index in [9.17, 15) is 39.5 Å². The molecule has 0 bridgehead atoms. The molecule has 2 aromatic carbocycles. The molecule has 0 unspecified atom stereocenters. The predicted octanol–water partition coefficient (Wildman–Crippen LogP) is 8.45. The number of ether oxygens (including phenoxy) is 4. The third kappa shape index (κ3) is 8.40. The summed E-state index contributed by atoms with van der Waals surface area (Å²) >= 11 is 0. The third-order valence-corrected chi connectivity index (χ3v) is 5.80. The van der Waals surface area contributed by atoms with E-state index in [1.807, 2.05) is 0 Å². The van der Waals surface area contributed by atoms with Gasteiger partial charge in [0.25, 0.3) is 0 Å². The zero-order valence-corrected chi connectivity index (χ0v) is 21.1. The van der Waals surface area contributed by atoms with Gasteiger partial charge in [-0.2, -0.15) is 22.0 Å². The molecule has 0 aliphatic carbocycles. The highest BCUT2D eigenvalue weighted by Gasteiger charge is 2.41. The molecule has 220 valence electrons. The number of unbranched alkanes of at least 4 members (excludes halogenated alkanes) is 1. The van der Waals surface area contributed by atoms with Crippen LogP contribution in [0.25, 0.3) is 0 Å². The number of hydrogen-bond donors (Lipinski definition) is 0. The number of hydrogen-bond acceptors (Lipinski definition) is 4. The lowest BCUT2D eigenvalue weighted by molar-refractivity contribution is -0.189. The van der Waals surface area contributed by atoms with Gasteiger partial charge in [-0.1, -0.05) is 25.8 Å². The van der Waals surface area contributed by atoms with Crippen LogP contribution in [0, 0.1) is 29.2 Å². The first-order valence-corrected chi connectivity index (χ1v) is 12.2. The Morgan fingerprint density at radius 2 is 1.55 bits per heavy atom. The highest BCUT2D eigenvalue weighted by atomic mass is 19.3. The van der Waals surface area contributed by atoms with Gasteiger partial charge in [-0.05, 0) is 43.0 Å². The summed E-state index contributed by atoms with van der Waals surface area (Å²) in [7, 11) is 0. The summed E-state index contributed by atoms with van der Waals surface area (Å²) in [6, 6.07) is -1.22. The van der Waals surface area contributed by atoms with Crippen molar-refractivity contribution in [3.8, 4) is 11.5 Å². The molecule has 0 atom stereocenters. The molecule has 40 heavy (non-hydrogen) atoms. The Hall–Kier alpha value is -3.19. The number of aryl methyl sites for hydroxylation is 1. The minimum Gasteiger partial charge on any atom is -0.429 e. The summed E-state index contributed by atoms with van der Waals surface area (Å²) in [5, 5.41) is 0. The molecule has 0 N–H and O–H groups in total. The highest BCUT2D eigenvalue weighted by Crippen LogP contribution is 2.38. The Kier molecular flexibility index (Phi) is 10.9. The van der Waals surface area contributed by atoms with Crippen LogP contribution in [0.1, 0.15) is 43.7 Å². The zero-order valence-electron chi connectivity index (χ0n) is 21.1. The molecule has 13 heteroatoms. The van der Waals surface area contributed by atoms with Crippen LogP contribution >= 0.6 is 0 Å². The molecular weight excluding hydrogens is 559 g/mol. The lowest BCUT2D eigenvalue weighted by Crippen LogP contribution is -2.30. The molecule has 3 rings (SSSR count). The van der Waals surface area contributed by atoms with Gasteiger partial charge in [0, 0.05) is 18.1 Å². The van der Waals surface area contributed by atoms with Gasteiger partial charge in [0.1, 0.15) is 22.9 Å². The van der Waals surface area contributed by atoms with Crippen LogP contribution in [0.2, 0.25) is 0 Å². The van der Waals surface area contributed by atoms with E-state index in [1.165, 1.54) is 0 Å². The number of alkyl halides is 2. The molecule has 0 saturated carbocycles. The maximum atomic E-state index is 14.6. The summed E-state index contributed by atoms with van der Waals surface area (Å²) in [4.78, 5) is 0. The lowest BCUT2D eigenvalue weighted by atomic mass is 10.0. The third-order valence-electron chi connectivity index (χ3n) is 5.80. The molecule has 4 nitrogen and oxygen atoms in total. The number of allylic oxidation sites excluding steroid dienone is 1. The largest absolute Gasteiger partial charge is 0.432 e. The van der Waals surface area contributed by atoms with Gasteiger partial charge in [0.15, 0.2) is 17.9 Å². The van der Waals surface area contributed by atoms with E-state index in [2.05, 4.69) is 16.4 Å². The lowest BCUT2D eigenvalue weighted by Gasteiger charge is -2.27. The Morgan fingerprint density at radius 1 is 0.950 bits per heavy atom. The van der Waals surface area contributed by atoms with E-state index in [4.69, 9.17) is 9.47 Å². The minimum absolute atomic E-state index is 0.0390. The van der Waals surface area contributed by atoms with Gasteiger partial charge in [-0.15, -0.1) is 0 Å². The Labute approximate surface area is 224 Å². The number of benzene rings is 2. The first-order chi connectivity index (χ1) is 18.9. The normalized spacial score (nSPS) is 17.8. The second-order valence-corrected chi connectivity index (χ2v) is 8.92. The fourth-order valence-electron chi connectivity index (χ4n) is 3.85. The molecular formula is C27H25F9O4. The Morgan fingerprint density at radius 3 is 2.10 bits per heavy atom. The van der Waals surface area contributed by atoms with Gasteiger partial charge in [0.05, 0.1) is 13.2 Å². The summed E-state index contributed by atoms with van der Waals surface area (Å²) in [6.07, 6.45) is -1.52. The molecule has 0 aromatic heterocycles. The summed E-state index contributed by atoms with van der Waals surface area (Å²) in [5.41, 5.74) is -1.79. The fourth-order valence-corrected chi connectivity index (χ4v) is 3.85. The highest BCUT2D eigenvalue weighted by molar-refractivity contribution is 5.37. The van der Waals surface area contributed by atoms with Crippen LogP contribution in [0.4, 0.5) is 39.5 Å². The van der Waals surface area contributed by atoms with Crippen molar-refractivity contribution in [3.05, 3.63) is 82.9 Å². The van der Waals surface area contributed by atoms with Gasteiger partial charge in [0.2, 0.25) is 5.75 Å². The zero-order chi connectivity index (χ0) is 29.4. The van der Waals surface area contributed by atoms with Crippen molar-refractivity contribution in [1.29, 1.82) is 0 Å². The molecule has 1 saturated heterocycles. The van der Waals surface area contributed by atoms with Crippen LogP contribution in [0.3, 0.4) is 0 Å². The molecule has 1 aliphatic heterocycles. The average molecular weight is 584 g/mol. The molecule has 2 aromatic rings. The van der Waals surface area contributed by atoms with Gasteiger partial charge < -0.3 is 18.9 Å². The molecule has 1 fully saturated rings. The van der Waals surface area contributed by atoms with E-state index >= 15 is 0 Å². The van der Waals surface area contributed by atoms with E-state index in [1.54, 1.807) is 12.2 Å². The Balaban J connectivity index is 1.63. The van der Waals surface area contributed by atoms with E-state index in [0.717, 1.165) is 19.3 Å². The van der Waals surface area contributed by atoms with E-state index in [-0.39, 0.29) is 30.5 Å². The van der Waals surface area contributed by atoms with Gasteiger partial charge >= 0.3 is 18.2 Å². The average Bonchev–Trinajstić information content (AvgIpc) is 2.87. The maximum Gasteiger partial charge on any atom is 0.432 e. The van der Waals surface area contributed by atoms with Crippen LogP contribution in [0.15, 0.2) is 48.5 Å². The number of halogens is 9. The van der Waals surface area contributed by atoms with Crippen LogP contribution < -0.4 is 9.47 Å². The van der Waals surface area contributed by atoms with Crippen LogP contribution in [-0.4, -0.2) is 19.5 Å². The Bertz CT molecular complexity index is 1170. The monoisotopic (exact) mass is 584 g/mol. The van der Waals surface area contributed by atoms with Crippen molar-refractivity contribution in [2.75, 3.05) is 13.2 Å². The molecule has 1 heterocycles.